The molecule has 0 saturated heterocycles. The number of fused-ring (bicyclic) bond motifs is 1. The number of rotatable bonds is 2. The van der Waals surface area contributed by atoms with E-state index in [-0.39, 0.29) is 17.8 Å². The summed E-state index contributed by atoms with van der Waals surface area (Å²) in [6.07, 6.45) is 2.14. The summed E-state index contributed by atoms with van der Waals surface area (Å²) in [6.45, 7) is 4.12. The maximum Gasteiger partial charge on any atom is 0.241 e. The summed E-state index contributed by atoms with van der Waals surface area (Å²) in [4.78, 5) is 15.0. The van der Waals surface area contributed by atoms with E-state index in [9.17, 15) is 4.79 Å². The molecule has 2 aliphatic rings. The van der Waals surface area contributed by atoms with Gasteiger partial charge in [0.1, 0.15) is 5.41 Å². The van der Waals surface area contributed by atoms with E-state index < -0.39 is 5.41 Å². The number of amides is 1. The standard InChI is InChI=1S/C16H21N3O2/c1-10-8-16(9-10,14(17)18-21)15(20)19-11(2)7-12-5-3-4-6-13(12)19/h3-6,10-11,21H,7-9H2,1-2H3,(H2,17,18). The Hall–Kier alpha value is -2.04. The summed E-state index contributed by atoms with van der Waals surface area (Å²) >= 11 is 0. The lowest BCUT2D eigenvalue weighted by Gasteiger charge is -2.46. The van der Waals surface area contributed by atoms with Crippen LogP contribution in [0.1, 0.15) is 32.3 Å². The number of nitrogens with zero attached hydrogens (tertiary/aromatic N) is 2. The fourth-order valence-corrected chi connectivity index (χ4v) is 3.82. The SMILES string of the molecule is CC1CC(C(=O)N2c3ccccc3CC2C)(/C(N)=N/O)C1. The number of amidine groups is 1. The number of benzene rings is 1. The molecular weight excluding hydrogens is 266 g/mol. The van der Waals surface area contributed by atoms with E-state index in [0.29, 0.717) is 18.8 Å². The maximum atomic E-state index is 13.1. The number of hydrogen-bond acceptors (Lipinski definition) is 3. The van der Waals surface area contributed by atoms with Gasteiger partial charge in [-0.3, -0.25) is 4.79 Å². The van der Waals surface area contributed by atoms with Crippen molar-refractivity contribution in [2.24, 2.45) is 22.2 Å². The molecule has 1 aliphatic carbocycles. The Labute approximate surface area is 124 Å². The molecule has 1 aromatic carbocycles. The Bertz CT molecular complexity index is 605. The van der Waals surface area contributed by atoms with Gasteiger partial charge in [-0.2, -0.15) is 0 Å². The third-order valence-corrected chi connectivity index (χ3v) is 4.83. The Morgan fingerprint density at radius 1 is 1.38 bits per heavy atom. The van der Waals surface area contributed by atoms with Crippen LogP contribution in [0.25, 0.3) is 0 Å². The van der Waals surface area contributed by atoms with Crippen LogP contribution in [0.2, 0.25) is 0 Å². The zero-order valence-corrected chi connectivity index (χ0v) is 12.4. The normalized spacial score (nSPS) is 31.7. The molecule has 3 rings (SSSR count). The van der Waals surface area contributed by atoms with Gasteiger partial charge in [0.2, 0.25) is 5.91 Å². The molecule has 1 atom stereocenters. The molecule has 5 heteroatoms. The van der Waals surface area contributed by atoms with Crippen molar-refractivity contribution >= 4 is 17.4 Å². The summed E-state index contributed by atoms with van der Waals surface area (Å²) < 4.78 is 0. The number of nitrogens with two attached hydrogens (primary N) is 1. The van der Waals surface area contributed by atoms with Crippen LogP contribution in [0, 0.1) is 11.3 Å². The number of hydrogen-bond donors (Lipinski definition) is 2. The predicted molar refractivity (Wildman–Crippen MR) is 81.3 cm³/mol. The molecule has 5 nitrogen and oxygen atoms in total. The zero-order chi connectivity index (χ0) is 15.2. The minimum atomic E-state index is -0.833. The molecule has 1 aliphatic heterocycles. The molecule has 1 saturated carbocycles. The van der Waals surface area contributed by atoms with Gasteiger partial charge in [0.25, 0.3) is 0 Å². The van der Waals surface area contributed by atoms with Crippen molar-refractivity contribution in [3.63, 3.8) is 0 Å². The summed E-state index contributed by atoms with van der Waals surface area (Å²) in [6, 6.07) is 8.06. The molecule has 1 heterocycles. The molecule has 21 heavy (non-hydrogen) atoms. The summed E-state index contributed by atoms with van der Waals surface area (Å²) in [5.41, 5.74) is 7.17. The van der Waals surface area contributed by atoms with Gasteiger partial charge >= 0.3 is 0 Å². The van der Waals surface area contributed by atoms with E-state index in [2.05, 4.69) is 18.1 Å². The number of carbonyl (C=O) groups excluding carboxylic acids is 1. The van der Waals surface area contributed by atoms with Gasteiger partial charge in [-0.05, 0) is 43.7 Å². The molecule has 3 N–H and O–H groups in total. The highest BCUT2D eigenvalue weighted by molar-refractivity contribution is 6.14. The molecule has 0 aromatic heterocycles. The lowest BCUT2D eigenvalue weighted by atomic mass is 9.61. The van der Waals surface area contributed by atoms with Crippen LogP contribution < -0.4 is 10.6 Å². The molecule has 1 aromatic rings. The molecule has 1 fully saturated rings. The highest BCUT2D eigenvalue weighted by Gasteiger charge is 2.55. The van der Waals surface area contributed by atoms with Crippen LogP contribution in [0.4, 0.5) is 5.69 Å². The second-order valence-corrected chi connectivity index (χ2v) is 6.44. The lowest BCUT2D eigenvalue weighted by molar-refractivity contribution is -0.130. The second-order valence-electron chi connectivity index (χ2n) is 6.44. The van der Waals surface area contributed by atoms with Crippen molar-refractivity contribution in [1.29, 1.82) is 0 Å². The lowest BCUT2D eigenvalue weighted by Crippen LogP contribution is -2.58. The van der Waals surface area contributed by atoms with Crippen LogP contribution >= 0.6 is 0 Å². The first-order valence-electron chi connectivity index (χ1n) is 7.39. The van der Waals surface area contributed by atoms with Crippen molar-refractivity contribution in [3.8, 4) is 0 Å². The summed E-state index contributed by atoms with van der Waals surface area (Å²) in [5, 5.41) is 12.2. The molecular formula is C16H21N3O2. The van der Waals surface area contributed by atoms with Crippen LogP contribution in [0.15, 0.2) is 29.4 Å². The number of para-hydroxylation sites is 1. The molecule has 0 bridgehead atoms. The Balaban J connectivity index is 1.98. The van der Waals surface area contributed by atoms with Crippen LogP contribution in [-0.2, 0) is 11.2 Å². The topological polar surface area (TPSA) is 78.9 Å². The number of carbonyl (C=O) groups is 1. The summed E-state index contributed by atoms with van der Waals surface area (Å²) in [7, 11) is 0. The molecule has 1 amide bonds. The van der Waals surface area contributed by atoms with Gasteiger partial charge < -0.3 is 15.8 Å². The molecule has 1 unspecified atom stereocenters. The monoisotopic (exact) mass is 287 g/mol. The van der Waals surface area contributed by atoms with Gasteiger partial charge in [0, 0.05) is 11.7 Å². The van der Waals surface area contributed by atoms with Crippen LogP contribution in [-0.4, -0.2) is 23.0 Å². The third kappa shape index (κ3) is 1.91. The average Bonchev–Trinajstić information content (AvgIpc) is 2.77. The first-order chi connectivity index (χ1) is 9.99. The first-order valence-corrected chi connectivity index (χ1v) is 7.39. The zero-order valence-electron chi connectivity index (χ0n) is 12.4. The molecule has 0 spiro atoms. The number of oxime groups is 1. The quantitative estimate of drug-likeness (QED) is 0.378. The molecule has 0 radical (unpaired) electrons. The fraction of sp³-hybridized carbons (Fsp3) is 0.500. The largest absolute Gasteiger partial charge is 0.409 e. The van der Waals surface area contributed by atoms with Crippen molar-refractivity contribution in [2.45, 2.75) is 39.2 Å². The van der Waals surface area contributed by atoms with Crippen LogP contribution in [0.3, 0.4) is 0 Å². The third-order valence-electron chi connectivity index (χ3n) is 4.83. The van der Waals surface area contributed by atoms with E-state index in [1.807, 2.05) is 30.0 Å². The van der Waals surface area contributed by atoms with Gasteiger partial charge in [0.15, 0.2) is 5.84 Å². The Morgan fingerprint density at radius 2 is 2.05 bits per heavy atom. The van der Waals surface area contributed by atoms with Gasteiger partial charge in [-0.25, -0.2) is 0 Å². The van der Waals surface area contributed by atoms with E-state index >= 15 is 0 Å². The smallest absolute Gasteiger partial charge is 0.241 e. The van der Waals surface area contributed by atoms with Gasteiger partial charge in [-0.1, -0.05) is 30.3 Å². The van der Waals surface area contributed by atoms with E-state index in [0.717, 1.165) is 12.1 Å². The predicted octanol–water partition coefficient (Wildman–Crippen LogP) is 2.13. The maximum absolute atomic E-state index is 13.1. The fourth-order valence-electron chi connectivity index (χ4n) is 3.82. The first kappa shape index (κ1) is 13.9. The van der Waals surface area contributed by atoms with Gasteiger partial charge in [0.05, 0.1) is 0 Å². The highest BCUT2D eigenvalue weighted by atomic mass is 16.4. The second kappa shape index (κ2) is 4.76. The minimum Gasteiger partial charge on any atom is -0.409 e. The van der Waals surface area contributed by atoms with Crippen molar-refractivity contribution < 1.29 is 10.0 Å². The van der Waals surface area contributed by atoms with Crippen molar-refractivity contribution in [1.82, 2.24) is 0 Å². The van der Waals surface area contributed by atoms with E-state index in [1.165, 1.54) is 5.56 Å². The molecule has 112 valence electrons. The Kier molecular flexibility index (Phi) is 3.15. The van der Waals surface area contributed by atoms with Crippen molar-refractivity contribution in [2.75, 3.05) is 4.90 Å². The summed E-state index contributed by atoms with van der Waals surface area (Å²) in [5.74, 6) is 0.429. The van der Waals surface area contributed by atoms with Crippen molar-refractivity contribution in [3.05, 3.63) is 29.8 Å². The Morgan fingerprint density at radius 3 is 2.67 bits per heavy atom. The van der Waals surface area contributed by atoms with E-state index in [4.69, 9.17) is 10.9 Å². The van der Waals surface area contributed by atoms with E-state index in [1.54, 1.807) is 0 Å². The highest BCUT2D eigenvalue weighted by Crippen LogP contribution is 2.49. The van der Waals surface area contributed by atoms with Gasteiger partial charge in [-0.15, -0.1) is 0 Å². The number of anilines is 1. The average molecular weight is 287 g/mol. The minimum absolute atomic E-state index is 0.0339. The van der Waals surface area contributed by atoms with Crippen LogP contribution in [0.5, 0.6) is 0 Å².